The minimum atomic E-state index is 0.336. The van der Waals surface area contributed by atoms with Gasteiger partial charge in [0, 0.05) is 0 Å². The van der Waals surface area contributed by atoms with E-state index in [4.69, 9.17) is 0 Å². The van der Waals surface area contributed by atoms with Crippen LogP contribution in [-0.4, -0.2) is 0 Å². The molecule has 1 aromatic carbocycles. The van der Waals surface area contributed by atoms with Gasteiger partial charge in [-0.05, 0) is 24.3 Å². The smallest absolute Gasteiger partial charge is 0.0104 e. The van der Waals surface area contributed by atoms with Crippen LogP contribution in [0.5, 0.6) is 0 Å². The van der Waals surface area contributed by atoms with Crippen molar-refractivity contribution in [1.29, 1.82) is 0 Å². The van der Waals surface area contributed by atoms with Crippen LogP contribution in [0.15, 0.2) is 24.3 Å². The summed E-state index contributed by atoms with van der Waals surface area (Å²) in [4.78, 5) is 0. The molecule has 0 unspecified atom stereocenters. The summed E-state index contributed by atoms with van der Waals surface area (Å²) >= 11 is 0. The third-order valence-corrected chi connectivity index (χ3v) is 2.71. The molecule has 0 fully saturated rings. The topological polar surface area (TPSA) is 0 Å². The van der Waals surface area contributed by atoms with Gasteiger partial charge in [-0.3, -0.25) is 0 Å². The van der Waals surface area contributed by atoms with Crippen LogP contribution in [0.1, 0.15) is 44.7 Å². The Balaban J connectivity index is 2.87. The van der Waals surface area contributed by atoms with E-state index >= 15 is 0 Å². The fourth-order valence-electron chi connectivity index (χ4n) is 1.77. The standard InChI is InChI=1S/C13H20/c1-5-10-13(3,4)12-8-6-11(2)7-9-12/h6-9H,5,10H2,1-4H3. The number of benzene rings is 1. The second-order valence-electron chi connectivity index (χ2n) is 4.50. The Bertz CT molecular complexity index is 254. The molecule has 0 heterocycles. The summed E-state index contributed by atoms with van der Waals surface area (Å²) in [6, 6.07) is 8.91. The van der Waals surface area contributed by atoms with Crippen LogP contribution in [0.2, 0.25) is 0 Å². The molecule has 72 valence electrons. The Kier molecular flexibility index (Phi) is 3.13. The summed E-state index contributed by atoms with van der Waals surface area (Å²) in [7, 11) is 0. The van der Waals surface area contributed by atoms with E-state index in [9.17, 15) is 0 Å². The highest BCUT2D eigenvalue weighted by molar-refractivity contribution is 5.27. The zero-order valence-electron chi connectivity index (χ0n) is 9.22. The molecule has 0 saturated heterocycles. The van der Waals surface area contributed by atoms with Crippen LogP contribution >= 0.6 is 0 Å². The summed E-state index contributed by atoms with van der Waals surface area (Å²) in [5.41, 5.74) is 3.14. The molecule has 0 amide bonds. The van der Waals surface area contributed by atoms with Crippen LogP contribution in [0, 0.1) is 6.92 Å². The SMILES string of the molecule is CCCC(C)(C)c1ccc(C)cc1. The predicted octanol–water partition coefficient (Wildman–Crippen LogP) is 4.07. The lowest BCUT2D eigenvalue weighted by Gasteiger charge is -2.24. The highest BCUT2D eigenvalue weighted by Crippen LogP contribution is 2.28. The maximum atomic E-state index is 2.32. The molecule has 0 aliphatic rings. The molecule has 0 aliphatic carbocycles. The second-order valence-corrected chi connectivity index (χ2v) is 4.50. The van der Waals surface area contributed by atoms with E-state index < -0.39 is 0 Å². The van der Waals surface area contributed by atoms with Gasteiger partial charge < -0.3 is 0 Å². The molecule has 0 bridgehead atoms. The van der Waals surface area contributed by atoms with Crippen molar-refractivity contribution in [2.75, 3.05) is 0 Å². The number of aryl methyl sites for hydroxylation is 1. The number of hydrogen-bond acceptors (Lipinski definition) is 0. The van der Waals surface area contributed by atoms with E-state index in [-0.39, 0.29) is 0 Å². The van der Waals surface area contributed by atoms with Gasteiger partial charge in [-0.1, -0.05) is 57.0 Å². The molecule has 0 atom stereocenters. The quantitative estimate of drug-likeness (QED) is 0.651. The molecule has 0 radical (unpaired) electrons. The molecule has 0 aromatic heterocycles. The van der Waals surface area contributed by atoms with Crippen molar-refractivity contribution in [3.05, 3.63) is 35.4 Å². The zero-order valence-corrected chi connectivity index (χ0v) is 9.22. The Morgan fingerprint density at radius 1 is 1.08 bits per heavy atom. The Morgan fingerprint density at radius 2 is 1.62 bits per heavy atom. The minimum Gasteiger partial charge on any atom is -0.0654 e. The first-order valence-electron chi connectivity index (χ1n) is 5.13. The van der Waals surface area contributed by atoms with Crippen LogP contribution in [0.3, 0.4) is 0 Å². The molecule has 1 rings (SSSR count). The van der Waals surface area contributed by atoms with Gasteiger partial charge in [0.25, 0.3) is 0 Å². The Morgan fingerprint density at radius 3 is 2.08 bits per heavy atom. The lowest BCUT2D eigenvalue weighted by molar-refractivity contribution is 0.473. The second kappa shape index (κ2) is 3.95. The third kappa shape index (κ3) is 2.58. The van der Waals surface area contributed by atoms with Crippen molar-refractivity contribution in [2.45, 2.75) is 46.0 Å². The summed E-state index contributed by atoms with van der Waals surface area (Å²) in [6.45, 7) is 9.02. The van der Waals surface area contributed by atoms with Crippen molar-refractivity contribution in [1.82, 2.24) is 0 Å². The summed E-state index contributed by atoms with van der Waals surface area (Å²) in [6.07, 6.45) is 2.51. The zero-order chi connectivity index (χ0) is 9.90. The van der Waals surface area contributed by atoms with Crippen molar-refractivity contribution >= 4 is 0 Å². The summed E-state index contributed by atoms with van der Waals surface area (Å²) < 4.78 is 0. The number of rotatable bonds is 3. The average Bonchev–Trinajstić information content (AvgIpc) is 2.05. The molecule has 13 heavy (non-hydrogen) atoms. The fourth-order valence-corrected chi connectivity index (χ4v) is 1.77. The molecule has 0 saturated carbocycles. The summed E-state index contributed by atoms with van der Waals surface area (Å²) in [5.74, 6) is 0. The molecule has 0 N–H and O–H groups in total. The van der Waals surface area contributed by atoms with E-state index in [0.717, 1.165) is 0 Å². The van der Waals surface area contributed by atoms with Crippen molar-refractivity contribution in [3.8, 4) is 0 Å². The van der Waals surface area contributed by atoms with Gasteiger partial charge in [-0.15, -0.1) is 0 Å². The molecular formula is C13H20. The van der Waals surface area contributed by atoms with Crippen LogP contribution in [0.4, 0.5) is 0 Å². The largest absolute Gasteiger partial charge is 0.0654 e. The minimum absolute atomic E-state index is 0.336. The first-order chi connectivity index (χ1) is 6.06. The van der Waals surface area contributed by atoms with E-state index in [1.165, 1.54) is 24.0 Å². The van der Waals surface area contributed by atoms with E-state index in [1.807, 2.05) is 0 Å². The molecule has 0 spiro atoms. The maximum Gasteiger partial charge on any atom is -0.0104 e. The molecule has 0 nitrogen and oxygen atoms in total. The summed E-state index contributed by atoms with van der Waals surface area (Å²) in [5, 5.41) is 0. The van der Waals surface area contributed by atoms with E-state index in [0.29, 0.717) is 5.41 Å². The van der Waals surface area contributed by atoms with E-state index in [2.05, 4.69) is 52.0 Å². The van der Waals surface area contributed by atoms with Crippen molar-refractivity contribution < 1.29 is 0 Å². The lowest BCUT2D eigenvalue weighted by Crippen LogP contribution is -2.16. The van der Waals surface area contributed by atoms with Crippen LogP contribution in [-0.2, 0) is 5.41 Å². The van der Waals surface area contributed by atoms with E-state index in [1.54, 1.807) is 0 Å². The van der Waals surface area contributed by atoms with Gasteiger partial charge in [0.2, 0.25) is 0 Å². The highest BCUT2D eigenvalue weighted by Gasteiger charge is 2.18. The van der Waals surface area contributed by atoms with Crippen molar-refractivity contribution in [2.24, 2.45) is 0 Å². The maximum absolute atomic E-state index is 2.32. The Hall–Kier alpha value is -0.780. The van der Waals surface area contributed by atoms with Crippen LogP contribution in [0.25, 0.3) is 0 Å². The first kappa shape index (κ1) is 10.3. The normalized spacial score (nSPS) is 11.7. The monoisotopic (exact) mass is 176 g/mol. The highest BCUT2D eigenvalue weighted by atomic mass is 14.2. The van der Waals surface area contributed by atoms with Gasteiger partial charge in [0.1, 0.15) is 0 Å². The van der Waals surface area contributed by atoms with Gasteiger partial charge >= 0.3 is 0 Å². The molecule has 1 aromatic rings. The van der Waals surface area contributed by atoms with Gasteiger partial charge in [-0.25, -0.2) is 0 Å². The van der Waals surface area contributed by atoms with Crippen LogP contribution < -0.4 is 0 Å². The van der Waals surface area contributed by atoms with Gasteiger partial charge in [0.15, 0.2) is 0 Å². The average molecular weight is 176 g/mol. The van der Waals surface area contributed by atoms with Gasteiger partial charge in [0.05, 0.1) is 0 Å². The lowest BCUT2D eigenvalue weighted by atomic mass is 9.80. The molecule has 0 aliphatic heterocycles. The Labute approximate surface area is 82.0 Å². The van der Waals surface area contributed by atoms with Crippen molar-refractivity contribution in [3.63, 3.8) is 0 Å². The molecular weight excluding hydrogens is 156 g/mol. The van der Waals surface area contributed by atoms with Gasteiger partial charge in [-0.2, -0.15) is 0 Å². The molecule has 0 heteroatoms. The number of hydrogen-bond donors (Lipinski definition) is 0. The predicted molar refractivity (Wildman–Crippen MR) is 59.1 cm³/mol. The third-order valence-electron chi connectivity index (χ3n) is 2.71. The first-order valence-corrected chi connectivity index (χ1v) is 5.13. The fraction of sp³-hybridized carbons (Fsp3) is 0.538.